The van der Waals surface area contributed by atoms with E-state index in [0.717, 1.165) is 0 Å². The van der Waals surface area contributed by atoms with Gasteiger partial charge in [0.05, 0.1) is 34.0 Å². The minimum Gasteiger partial charge on any atom is -0.493 e. The summed E-state index contributed by atoms with van der Waals surface area (Å²) in [4.78, 5) is 25.2. The summed E-state index contributed by atoms with van der Waals surface area (Å²) < 4.78 is 20.7. The summed E-state index contributed by atoms with van der Waals surface area (Å²) in [5, 5.41) is 2.39. The first-order chi connectivity index (χ1) is 13.4. The van der Waals surface area contributed by atoms with Crippen LogP contribution in [-0.2, 0) is 9.53 Å². The van der Waals surface area contributed by atoms with Crippen LogP contribution in [0.3, 0.4) is 0 Å². The molecule has 0 heterocycles. The van der Waals surface area contributed by atoms with Gasteiger partial charge in [0.25, 0.3) is 5.91 Å². The second kappa shape index (κ2) is 9.89. The fraction of sp³-hybridized carbons (Fsp3) is 0.300. The minimum absolute atomic E-state index is 0.325. The van der Waals surface area contributed by atoms with Gasteiger partial charge >= 0.3 is 5.97 Å². The molecule has 0 aliphatic heterocycles. The number of hydrogen-bond acceptors (Lipinski definition) is 7. The van der Waals surface area contributed by atoms with Crippen LogP contribution in [0, 0.1) is 0 Å². The van der Waals surface area contributed by atoms with Gasteiger partial charge in [-0.15, -0.1) is 11.8 Å². The van der Waals surface area contributed by atoms with Gasteiger partial charge in [-0.1, -0.05) is 12.1 Å². The number of ether oxygens (including phenoxy) is 4. The number of rotatable bonds is 8. The molecule has 0 aliphatic rings. The SMILES string of the molecule is COC(=O)C(C)Sc1ccccc1C(=O)Nc1cc(OC)c(OC)c(OC)c1. The lowest BCUT2D eigenvalue weighted by molar-refractivity contribution is -0.139. The van der Waals surface area contributed by atoms with Crippen molar-refractivity contribution < 1.29 is 28.5 Å². The second-order valence-electron chi connectivity index (χ2n) is 5.65. The van der Waals surface area contributed by atoms with Crippen LogP contribution in [0.25, 0.3) is 0 Å². The van der Waals surface area contributed by atoms with Crippen molar-refractivity contribution in [3.63, 3.8) is 0 Å². The molecule has 0 bridgehead atoms. The molecule has 28 heavy (non-hydrogen) atoms. The number of hydrogen-bond donors (Lipinski definition) is 1. The van der Waals surface area contributed by atoms with Crippen molar-refractivity contribution in [1.82, 2.24) is 0 Å². The standard InChI is InChI=1S/C20H23NO6S/c1-12(20(23)27-5)28-17-9-7-6-8-14(17)19(22)21-13-10-15(24-2)18(26-4)16(11-13)25-3/h6-12H,1-5H3,(H,21,22). The highest BCUT2D eigenvalue weighted by Gasteiger charge is 2.20. The quantitative estimate of drug-likeness (QED) is 0.530. The lowest BCUT2D eigenvalue weighted by Gasteiger charge is -2.16. The summed E-state index contributed by atoms with van der Waals surface area (Å²) in [6.07, 6.45) is 0. The van der Waals surface area contributed by atoms with E-state index >= 15 is 0 Å². The zero-order valence-corrected chi connectivity index (χ0v) is 17.2. The summed E-state index contributed by atoms with van der Waals surface area (Å²) in [7, 11) is 5.85. The Labute approximate surface area is 168 Å². The molecule has 0 aromatic heterocycles. The fourth-order valence-corrected chi connectivity index (χ4v) is 3.53. The molecule has 1 amide bonds. The zero-order valence-electron chi connectivity index (χ0n) is 16.4. The van der Waals surface area contributed by atoms with Crippen molar-refractivity contribution in [2.45, 2.75) is 17.1 Å². The summed E-state index contributed by atoms with van der Waals surface area (Å²) in [5.74, 6) is 0.614. The van der Waals surface area contributed by atoms with Crippen molar-refractivity contribution in [1.29, 1.82) is 0 Å². The van der Waals surface area contributed by atoms with Crippen molar-refractivity contribution in [3.05, 3.63) is 42.0 Å². The molecule has 0 saturated heterocycles. The van der Waals surface area contributed by atoms with Gasteiger partial charge in [0.2, 0.25) is 5.75 Å². The molecule has 0 fully saturated rings. The third kappa shape index (κ3) is 4.89. The summed E-state index contributed by atoms with van der Waals surface area (Å²) >= 11 is 1.26. The summed E-state index contributed by atoms with van der Waals surface area (Å²) in [6, 6.07) is 10.3. The number of carbonyl (C=O) groups excluding carboxylic acids is 2. The predicted molar refractivity (Wildman–Crippen MR) is 108 cm³/mol. The van der Waals surface area contributed by atoms with Crippen LogP contribution in [0.2, 0.25) is 0 Å². The van der Waals surface area contributed by atoms with Crippen LogP contribution in [0.15, 0.2) is 41.3 Å². The first kappa shape index (κ1) is 21.4. The first-order valence-corrected chi connectivity index (χ1v) is 9.28. The maximum atomic E-state index is 12.9. The van der Waals surface area contributed by atoms with Crippen molar-refractivity contribution in [2.24, 2.45) is 0 Å². The van der Waals surface area contributed by atoms with Crippen LogP contribution < -0.4 is 19.5 Å². The Hall–Kier alpha value is -2.87. The van der Waals surface area contributed by atoms with Gasteiger partial charge in [0.15, 0.2) is 11.5 Å². The molecule has 7 nitrogen and oxygen atoms in total. The van der Waals surface area contributed by atoms with E-state index in [1.54, 1.807) is 37.3 Å². The molecule has 0 spiro atoms. The number of nitrogens with one attached hydrogen (secondary N) is 1. The summed E-state index contributed by atoms with van der Waals surface area (Å²) in [6.45, 7) is 1.73. The van der Waals surface area contributed by atoms with E-state index in [9.17, 15) is 9.59 Å². The van der Waals surface area contributed by atoms with Gasteiger partial charge in [0.1, 0.15) is 5.25 Å². The highest BCUT2D eigenvalue weighted by atomic mass is 32.2. The van der Waals surface area contributed by atoms with E-state index in [0.29, 0.717) is 33.4 Å². The third-order valence-electron chi connectivity index (χ3n) is 3.89. The second-order valence-corrected chi connectivity index (χ2v) is 7.03. The number of amides is 1. The van der Waals surface area contributed by atoms with Crippen LogP contribution in [0.4, 0.5) is 5.69 Å². The molecule has 1 atom stereocenters. The molecule has 2 aromatic carbocycles. The van der Waals surface area contributed by atoms with E-state index in [1.165, 1.54) is 40.2 Å². The Balaban J connectivity index is 2.30. The lowest BCUT2D eigenvalue weighted by Crippen LogP contribution is -2.17. The number of carbonyl (C=O) groups is 2. The Morgan fingerprint density at radius 2 is 1.57 bits per heavy atom. The topological polar surface area (TPSA) is 83.1 Å². The van der Waals surface area contributed by atoms with Crippen LogP contribution in [0.5, 0.6) is 17.2 Å². The van der Waals surface area contributed by atoms with Gasteiger partial charge in [-0.05, 0) is 19.1 Å². The molecule has 2 aromatic rings. The number of anilines is 1. The van der Waals surface area contributed by atoms with E-state index in [1.807, 2.05) is 6.07 Å². The van der Waals surface area contributed by atoms with Gasteiger partial charge in [-0.2, -0.15) is 0 Å². The molecule has 2 rings (SSSR count). The number of methoxy groups -OCH3 is 4. The highest BCUT2D eigenvalue weighted by Crippen LogP contribution is 2.40. The van der Waals surface area contributed by atoms with Crippen LogP contribution in [0.1, 0.15) is 17.3 Å². The lowest BCUT2D eigenvalue weighted by atomic mass is 10.2. The monoisotopic (exact) mass is 405 g/mol. The van der Waals surface area contributed by atoms with E-state index in [2.05, 4.69) is 5.32 Å². The predicted octanol–water partition coefficient (Wildman–Crippen LogP) is 3.62. The van der Waals surface area contributed by atoms with Gasteiger partial charge < -0.3 is 24.3 Å². The highest BCUT2D eigenvalue weighted by molar-refractivity contribution is 8.00. The number of benzene rings is 2. The molecule has 1 N–H and O–H groups in total. The normalized spacial score (nSPS) is 11.3. The van der Waals surface area contributed by atoms with Crippen molar-refractivity contribution in [2.75, 3.05) is 33.8 Å². The smallest absolute Gasteiger partial charge is 0.318 e. The first-order valence-electron chi connectivity index (χ1n) is 8.40. The molecular formula is C20H23NO6S. The Bertz CT molecular complexity index is 829. The van der Waals surface area contributed by atoms with Crippen molar-refractivity contribution >= 4 is 29.3 Å². The maximum Gasteiger partial charge on any atom is 0.318 e. The summed E-state index contributed by atoms with van der Waals surface area (Å²) in [5.41, 5.74) is 0.928. The molecule has 0 saturated carbocycles. The molecule has 8 heteroatoms. The minimum atomic E-state index is -0.444. The largest absolute Gasteiger partial charge is 0.493 e. The van der Waals surface area contributed by atoms with E-state index in [-0.39, 0.29) is 11.9 Å². The average molecular weight is 405 g/mol. The van der Waals surface area contributed by atoms with Gasteiger partial charge in [-0.25, -0.2) is 0 Å². The zero-order chi connectivity index (χ0) is 20.7. The molecule has 0 aliphatic carbocycles. The van der Waals surface area contributed by atoms with Crippen molar-refractivity contribution in [3.8, 4) is 17.2 Å². The van der Waals surface area contributed by atoms with Gasteiger partial charge in [-0.3, -0.25) is 9.59 Å². The molecule has 150 valence electrons. The fourth-order valence-electron chi connectivity index (χ4n) is 2.51. The molecule has 1 unspecified atom stereocenters. The average Bonchev–Trinajstić information content (AvgIpc) is 2.72. The van der Waals surface area contributed by atoms with Gasteiger partial charge in [0, 0.05) is 22.7 Å². The third-order valence-corrected chi connectivity index (χ3v) is 5.05. The van der Waals surface area contributed by atoms with E-state index < -0.39 is 5.25 Å². The van der Waals surface area contributed by atoms with E-state index in [4.69, 9.17) is 18.9 Å². The van der Waals surface area contributed by atoms with Crippen LogP contribution in [-0.4, -0.2) is 45.6 Å². The molecular weight excluding hydrogens is 382 g/mol. The van der Waals surface area contributed by atoms with Crippen LogP contribution >= 0.6 is 11.8 Å². The number of thioether (sulfide) groups is 1. The number of esters is 1. The Kier molecular flexibility index (Phi) is 7.57. The maximum absolute atomic E-state index is 12.9. The molecule has 0 radical (unpaired) electrons. The Morgan fingerprint density at radius 1 is 0.964 bits per heavy atom. The Morgan fingerprint density at radius 3 is 2.11 bits per heavy atom.